The van der Waals surface area contributed by atoms with Crippen LogP contribution in [0.5, 0.6) is 0 Å². The zero-order valence-electron chi connectivity index (χ0n) is 16.1. The number of nitrogens with one attached hydrogen (secondary N) is 1. The molecule has 4 nitrogen and oxygen atoms in total. The van der Waals surface area contributed by atoms with E-state index in [0.717, 1.165) is 33.2 Å². The largest absolute Gasteiger partial charge is 0.340 e. The number of nitrogens with zero attached hydrogens (tertiary/aromatic N) is 2. The third kappa shape index (κ3) is 5.54. The second-order valence-electron chi connectivity index (χ2n) is 6.93. The van der Waals surface area contributed by atoms with Crippen LogP contribution in [0.2, 0.25) is 0 Å². The van der Waals surface area contributed by atoms with Crippen LogP contribution in [0.1, 0.15) is 12.0 Å². The van der Waals surface area contributed by atoms with Crippen molar-refractivity contribution in [2.24, 2.45) is 0 Å². The van der Waals surface area contributed by atoms with Gasteiger partial charge in [-0.3, -0.25) is 9.69 Å². The highest BCUT2D eigenvalue weighted by molar-refractivity contribution is 8.00. The maximum atomic E-state index is 13.0. The third-order valence-electron chi connectivity index (χ3n) is 4.23. The summed E-state index contributed by atoms with van der Waals surface area (Å²) in [6.45, 7) is 3.82. The van der Waals surface area contributed by atoms with Crippen LogP contribution >= 0.6 is 23.1 Å². The molecule has 0 spiro atoms. The van der Waals surface area contributed by atoms with Crippen molar-refractivity contribution in [3.8, 4) is 0 Å². The second-order valence-corrected chi connectivity index (χ2v) is 8.98. The molecule has 0 atom stereocenters. The molecule has 0 fully saturated rings. The molecule has 0 unspecified atom stereocenters. The van der Waals surface area contributed by atoms with Gasteiger partial charge in [0, 0.05) is 17.9 Å². The van der Waals surface area contributed by atoms with Crippen molar-refractivity contribution < 1.29 is 9.69 Å². The second kappa shape index (κ2) is 9.35. The van der Waals surface area contributed by atoms with Gasteiger partial charge in [-0.15, -0.1) is 11.8 Å². The number of quaternary nitrogens is 1. The minimum Gasteiger partial charge on any atom is -0.340 e. The lowest BCUT2D eigenvalue weighted by Crippen LogP contribution is -3.05. The predicted molar refractivity (Wildman–Crippen MR) is 116 cm³/mol. The molecule has 6 heteroatoms. The number of rotatable bonds is 8. The first kappa shape index (κ1) is 19.9. The molecule has 1 amide bonds. The van der Waals surface area contributed by atoms with Crippen LogP contribution in [0.4, 0.5) is 5.13 Å². The van der Waals surface area contributed by atoms with Crippen molar-refractivity contribution in [2.75, 3.05) is 37.8 Å². The fraction of sp³-hybridized carbons (Fsp3) is 0.333. The van der Waals surface area contributed by atoms with Crippen LogP contribution in [0.15, 0.2) is 53.4 Å². The average molecular weight is 401 g/mol. The molecular formula is C21H26N3OS2+. The number of fused-ring (bicyclic) bond motifs is 1. The van der Waals surface area contributed by atoms with E-state index in [4.69, 9.17) is 4.98 Å². The number of carbonyl (C=O) groups is 1. The molecule has 3 rings (SSSR count). The first-order valence-corrected chi connectivity index (χ1v) is 11.0. The normalized spacial score (nSPS) is 11.3. The summed E-state index contributed by atoms with van der Waals surface area (Å²) in [5, 5.41) is 0.808. The molecule has 1 aromatic heterocycles. The molecule has 1 N–H and O–H groups in total. The van der Waals surface area contributed by atoms with Gasteiger partial charge in [0.2, 0.25) is 5.91 Å². The van der Waals surface area contributed by atoms with Gasteiger partial charge < -0.3 is 4.90 Å². The molecule has 0 saturated carbocycles. The highest BCUT2D eigenvalue weighted by atomic mass is 32.2. The van der Waals surface area contributed by atoms with E-state index in [1.807, 2.05) is 41.3 Å². The molecule has 2 aromatic carbocycles. The number of benzene rings is 2. The van der Waals surface area contributed by atoms with Crippen LogP contribution in [-0.2, 0) is 4.79 Å². The summed E-state index contributed by atoms with van der Waals surface area (Å²) in [5.41, 5.74) is 2.18. The lowest BCUT2D eigenvalue weighted by molar-refractivity contribution is -0.858. The number of aryl methyl sites for hydroxylation is 1. The average Bonchev–Trinajstić information content (AvgIpc) is 3.06. The zero-order chi connectivity index (χ0) is 19.2. The Labute approximate surface area is 169 Å². The van der Waals surface area contributed by atoms with Gasteiger partial charge in [-0.2, -0.15) is 0 Å². The van der Waals surface area contributed by atoms with Crippen molar-refractivity contribution in [3.63, 3.8) is 0 Å². The van der Waals surface area contributed by atoms with E-state index in [2.05, 4.69) is 33.2 Å². The first-order valence-electron chi connectivity index (χ1n) is 9.17. The van der Waals surface area contributed by atoms with Crippen LogP contribution < -0.4 is 9.80 Å². The number of hydrogen-bond donors (Lipinski definition) is 1. The quantitative estimate of drug-likeness (QED) is 0.590. The van der Waals surface area contributed by atoms with E-state index < -0.39 is 0 Å². The summed E-state index contributed by atoms with van der Waals surface area (Å²) in [7, 11) is 4.27. The number of carbonyl (C=O) groups excluding carboxylic acids is 1. The van der Waals surface area contributed by atoms with Crippen LogP contribution in [0.3, 0.4) is 0 Å². The Bertz CT molecular complexity index is 893. The highest BCUT2D eigenvalue weighted by Gasteiger charge is 2.20. The maximum Gasteiger partial charge on any atom is 0.239 e. The van der Waals surface area contributed by atoms with Gasteiger partial charge in [0.1, 0.15) is 0 Å². The molecule has 27 heavy (non-hydrogen) atoms. The number of aromatic nitrogens is 1. The topological polar surface area (TPSA) is 37.6 Å². The summed E-state index contributed by atoms with van der Waals surface area (Å²) >= 11 is 3.19. The van der Waals surface area contributed by atoms with Crippen molar-refractivity contribution in [1.82, 2.24) is 4.98 Å². The van der Waals surface area contributed by atoms with Crippen molar-refractivity contribution in [1.29, 1.82) is 0 Å². The molecular weight excluding hydrogens is 374 g/mol. The Morgan fingerprint density at radius 2 is 1.96 bits per heavy atom. The van der Waals surface area contributed by atoms with E-state index in [1.165, 1.54) is 10.5 Å². The van der Waals surface area contributed by atoms with Gasteiger partial charge >= 0.3 is 0 Å². The predicted octanol–water partition coefficient (Wildman–Crippen LogP) is 3.26. The molecule has 3 aromatic rings. The smallest absolute Gasteiger partial charge is 0.239 e. The van der Waals surface area contributed by atoms with Crippen molar-refractivity contribution >= 4 is 44.4 Å². The minimum atomic E-state index is 0.119. The monoisotopic (exact) mass is 400 g/mol. The lowest BCUT2D eigenvalue weighted by atomic mass is 10.2. The Balaban J connectivity index is 1.77. The Hall–Kier alpha value is -1.89. The zero-order valence-corrected chi connectivity index (χ0v) is 17.7. The van der Waals surface area contributed by atoms with Gasteiger partial charge in [-0.25, -0.2) is 4.98 Å². The van der Waals surface area contributed by atoms with Gasteiger partial charge in [0.15, 0.2) is 5.13 Å². The molecule has 0 aliphatic heterocycles. The van der Waals surface area contributed by atoms with Gasteiger partial charge in [0.05, 0.1) is 36.6 Å². The molecule has 0 radical (unpaired) electrons. The minimum absolute atomic E-state index is 0.119. The summed E-state index contributed by atoms with van der Waals surface area (Å²) in [6.07, 6.45) is 0.957. The fourth-order valence-corrected chi connectivity index (χ4v) is 4.70. The Morgan fingerprint density at radius 1 is 1.19 bits per heavy atom. The number of thiazole rings is 1. The van der Waals surface area contributed by atoms with E-state index in [1.54, 1.807) is 23.1 Å². The molecule has 1 heterocycles. The van der Waals surface area contributed by atoms with E-state index >= 15 is 0 Å². The summed E-state index contributed by atoms with van der Waals surface area (Å²) < 4.78 is 1.14. The van der Waals surface area contributed by atoms with E-state index in [0.29, 0.717) is 12.3 Å². The van der Waals surface area contributed by atoms with Crippen molar-refractivity contribution in [2.45, 2.75) is 18.2 Å². The van der Waals surface area contributed by atoms with Gasteiger partial charge in [0.25, 0.3) is 0 Å². The molecule has 0 aliphatic rings. The summed E-state index contributed by atoms with van der Waals surface area (Å²) in [5.74, 6) is 0.543. The van der Waals surface area contributed by atoms with E-state index in [-0.39, 0.29) is 5.91 Å². The van der Waals surface area contributed by atoms with Crippen LogP contribution in [0, 0.1) is 6.92 Å². The number of anilines is 1. The number of amides is 1. The maximum absolute atomic E-state index is 13.0. The summed E-state index contributed by atoms with van der Waals surface area (Å²) in [4.78, 5) is 22.1. The van der Waals surface area contributed by atoms with Gasteiger partial charge in [-0.1, -0.05) is 35.6 Å². The van der Waals surface area contributed by atoms with E-state index in [9.17, 15) is 4.79 Å². The Morgan fingerprint density at radius 3 is 2.70 bits per heavy atom. The summed E-state index contributed by atoms with van der Waals surface area (Å²) in [6, 6.07) is 16.3. The SMILES string of the molecule is Cc1ccc2nc(N(CCC[NH+](C)C)C(=O)CSc3ccccc3)sc2c1. The first-order chi connectivity index (χ1) is 13.0. The van der Waals surface area contributed by atoms with Gasteiger partial charge in [-0.05, 0) is 36.8 Å². The molecule has 0 bridgehead atoms. The number of thioether (sulfide) groups is 1. The standard InChI is InChI=1S/C21H25N3OS2/c1-16-10-11-18-19(14-16)27-21(22-18)24(13-7-12-23(2)3)20(25)15-26-17-8-5-4-6-9-17/h4-6,8-11,14H,7,12-13,15H2,1-3H3/p+1. The molecule has 142 valence electrons. The Kier molecular flexibility index (Phi) is 6.88. The van der Waals surface area contributed by atoms with Crippen LogP contribution in [-0.4, -0.2) is 43.8 Å². The third-order valence-corrected chi connectivity index (χ3v) is 6.27. The highest BCUT2D eigenvalue weighted by Crippen LogP contribution is 2.30. The van der Waals surface area contributed by atoms with Crippen LogP contribution in [0.25, 0.3) is 10.2 Å². The number of hydrogen-bond acceptors (Lipinski definition) is 4. The lowest BCUT2D eigenvalue weighted by Gasteiger charge is -2.20. The van der Waals surface area contributed by atoms with Crippen molar-refractivity contribution in [3.05, 3.63) is 54.1 Å². The fourth-order valence-electron chi connectivity index (χ4n) is 2.79. The molecule has 0 saturated heterocycles. The molecule has 0 aliphatic carbocycles.